The van der Waals surface area contributed by atoms with Crippen molar-refractivity contribution in [2.75, 3.05) is 26.4 Å². The Morgan fingerprint density at radius 1 is 0.722 bits per heavy atom. The summed E-state index contributed by atoms with van der Waals surface area (Å²) in [5, 5.41) is 9.30. The van der Waals surface area contributed by atoms with Gasteiger partial charge in [-0.3, -0.25) is 0 Å². The first kappa shape index (κ1) is 24.0. The van der Waals surface area contributed by atoms with Crippen molar-refractivity contribution in [3.63, 3.8) is 0 Å². The summed E-state index contributed by atoms with van der Waals surface area (Å²) in [6, 6.07) is 0. The molecule has 0 fully saturated rings. The van der Waals surface area contributed by atoms with Gasteiger partial charge in [0.05, 0.1) is 0 Å². The van der Waals surface area contributed by atoms with Gasteiger partial charge in [-0.25, -0.2) is 0 Å². The van der Waals surface area contributed by atoms with Gasteiger partial charge in [-0.1, -0.05) is 34.1 Å². The van der Waals surface area contributed by atoms with Crippen LogP contribution in [0.1, 0.15) is 53.4 Å². The molecule has 0 bridgehead atoms. The zero-order chi connectivity index (χ0) is 13.4. The number of hydrogen-bond donors (Lipinski definition) is 0. The molecule has 0 saturated heterocycles. The van der Waals surface area contributed by atoms with Crippen molar-refractivity contribution in [2.45, 2.75) is 53.4 Å². The maximum atomic E-state index is 9.30. The van der Waals surface area contributed by atoms with Gasteiger partial charge in [0.25, 0.3) is 0 Å². The molecule has 0 amide bonds. The first-order valence-corrected chi connectivity index (χ1v) is 8.10. The Bertz CT molecular complexity index is 110. The topological polar surface area (TPSA) is 50.8 Å². The van der Waals surface area contributed by atoms with Crippen LogP contribution in [-0.2, 0) is 11.4 Å². The van der Waals surface area contributed by atoms with Crippen LogP contribution in [0, 0.1) is 0 Å². The molecule has 0 radical (unpaired) electrons. The minimum Gasteiger partial charge on any atom is -0.854 e. The van der Waals surface area contributed by atoms with E-state index in [9.17, 15) is 5.11 Å². The molecule has 0 saturated carbocycles. The van der Waals surface area contributed by atoms with Gasteiger partial charge in [0.2, 0.25) is 0 Å². The van der Waals surface area contributed by atoms with Crippen molar-refractivity contribution >= 4 is 15.1 Å². The summed E-state index contributed by atoms with van der Waals surface area (Å²) < 4.78 is 16.5. The monoisotopic (exact) mass is 270 g/mol. The van der Waals surface area contributed by atoms with Crippen LogP contribution < -0.4 is 24.0 Å². The predicted octanol–water partition coefficient (Wildman–Crippen LogP) is -0.988. The van der Waals surface area contributed by atoms with Gasteiger partial charge in [-0.15, -0.1) is 6.61 Å². The van der Waals surface area contributed by atoms with Gasteiger partial charge in [-0.05, 0) is 19.3 Å². The summed E-state index contributed by atoms with van der Waals surface area (Å²) in [6.07, 6.45) is 3.83. The molecule has 0 heterocycles. The summed E-state index contributed by atoms with van der Waals surface area (Å²) in [4.78, 5) is 0. The minimum atomic E-state index is -1.79. The molecule has 0 aromatic carbocycles. The van der Waals surface area contributed by atoms with Crippen molar-refractivity contribution < 1.29 is 35.3 Å². The average Bonchev–Trinajstić information content (AvgIpc) is 2.38. The molecule has 6 heteroatoms. The van der Waals surface area contributed by atoms with Gasteiger partial charge < -0.3 is 16.5 Å². The van der Waals surface area contributed by atoms with E-state index in [1.54, 1.807) is 0 Å². The minimum absolute atomic E-state index is 0. The van der Waals surface area contributed by atoms with Crippen LogP contribution in [0.25, 0.3) is 0 Å². The Morgan fingerprint density at radius 3 is 1.17 bits per heavy atom. The van der Waals surface area contributed by atoms with E-state index in [-0.39, 0.29) is 25.5 Å². The summed E-state index contributed by atoms with van der Waals surface area (Å²) in [7, 11) is 0. The maximum Gasteiger partial charge on any atom is 1.00 e. The maximum absolute atomic E-state index is 9.30. The van der Waals surface area contributed by atoms with Crippen LogP contribution in [0.4, 0.5) is 0 Å². The molecule has 0 spiro atoms. The van der Waals surface area contributed by atoms with E-state index in [0.29, 0.717) is 0 Å². The molecule has 104 valence electrons. The fraction of sp³-hybridized carbons (Fsp3) is 1.00. The van der Waals surface area contributed by atoms with E-state index in [1.807, 2.05) is 6.92 Å². The largest absolute Gasteiger partial charge is 1.00 e. The second-order valence-electron chi connectivity index (χ2n) is 3.61. The van der Waals surface area contributed by atoms with Crippen molar-refractivity contribution in [3.8, 4) is 0 Å². The third-order valence-electron chi connectivity index (χ3n) is 1.58. The van der Waals surface area contributed by atoms with E-state index in [1.165, 1.54) is 0 Å². The van der Waals surface area contributed by atoms with Crippen molar-refractivity contribution in [3.05, 3.63) is 0 Å². The van der Waals surface area contributed by atoms with Gasteiger partial charge in [0.1, 0.15) is 0 Å². The van der Waals surface area contributed by atoms with Crippen LogP contribution in [0.3, 0.4) is 0 Å². The molecule has 4 nitrogen and oxygen atoms in total. The molecule has 0 aliphatic carbocycles. The second-order valence-corrected chi connectivity index (χ2v) is 5.18. The first-order chi connectivity index (χ1) is 8.26. The van der Waals surface area contributed by atoms with Crippen LogP contribution in [0.2, 0.25) is 0 Å². The fourth-order valence-corrected chi connectivity index (χ4v) is 2.36. The quantitative estimate of drug-likeness (QED) is 0.478. The van der Waals surface area contributed by atoms with E-state index >= 15 is 0 Å². The number of hydrogen-bond acceptors (Lipinski definition) is 4. The number of rotatable bonds is 10. The van der Waals surface area contributed by atoms with E-state index in [0.717, 1.165) is 45.5 Å². The summed E-state index contributed by atoms with van der Waals surface area (Å²) in [5.41, 5.74) is 0. The predicted molar refractivity (Wildman–Crippen MR) is 69.6 cm³/mol. The van der Waals surface area contributed by atoms with Crippen molar-refractivity contribution in [2.24, 2.45) is 0 Å². The third kappa shape index (κ3) is 22.2. The van der Waals surface area contributed by atoms with E-state index in [2.05, 4.69) is 20.8 Å². The molecule has 0 aliphatic heterocycles. The average molecular weight is 270 g/mol. The Morgan fingerprint density at radius 2 is 1.00 bits per heavy atom. The zero-order valence-electron chi connectivity index (χ0n) is 12.9. The van der Waals surface area contributed by atoms with Crippen molar-refractivity contribution in [1.82, 2.24) is 0 Å². The van der Waals surface area contributed by atoms with Gasteiger partial charge in [-0.2, -0.15) is 0 Å². The summed E-state index contributed by atoms with van der Waals surface area (Å²) in [6.45, 7) is 10.5. The molecular formula is C12H28AlLiO4. The van der Waals surface area contributed by atoms with Gasteiger partial charge in [0.15, 0.2) is 0 Å². The normalized spacial score (nSPS) is 9.17. The molecule has 0 aromatic heterocycles. The second kappa shape index (κ2) is 23.1. The molecule has 0 N–H and O–H groups in total. The Hall–Kier alpha value is 0.970. The van der Waals surface area contributed by atoms with Crippen LogP contribution in [-0.4, -0.2) is 41.6 Å². The van der Waals surface area contributed by atoms with Crippen molar-refractivity contribution in [1.29, 1.82) is 0 Å². The van der Waals surface area contributed by atoms with Crippen LogP contribution in [0.5, 0.6) is 0 Å². The molecule has 0 atom stereocenters. The van der Waals surface area contributed by atoms with Gasteiger partial charge >= 0.3 is 34.0 Å². The molecule has 0 aromatic rings. The molecular weight excluding hydrogens is 242 g/mol. The Kier molecular flexibility index (Phi) is 30.8. The summed E-state index contributed by atoms with van der Waals surface area (Å²) >= 11 is -1.79. The third-order valence-corrected chi connectivity index (χ3v) is 3.10. The molecule has 0 aliphatic rings. The SMILES string of the molecule is CCC[O-].CCC[O][Al]([O]CCC)[O]CCC.[Li+]. The van der Waals surface area contributed by atoms with Crippen LogP contribution >= 0.6 is 0 Å². The van der Waals surface area contributed by atoms with E-state index < -0.39 is 15.1 Å². The standard InChI is InChI=1S/4C3H7O.Al.Li/c4*1-2-3-4;;/h4*2-3H2,1H3;;/q4*-1;+3;+1. The van der Waals surface area contributed by atoms with Gasteiger partial charge in [0, 0.05) is 19.8 Å². The Balaban J connectivity index is -0.000000392. The Labute approximate surface area is 130 Å². The molecule has 0 rings (SSSR count). The smallest absolute Gasteiger partial charge is 0.854 e. The zero-order valence-corrected chi connectivity index (χ0v) is 14.0. The summed E-state index contributed by atoms with van der Waals surface area (Å²) in [5.74, 6) is 0. The first-order valence-electron chi connectivity index (χ1n) is 6.69. The molecule has 18 heavy (non-hydrogen) atoms. The van der Waals surface area contributed by atoms with E-state index in [4.69, 9.17) is 11.4 Å². The molecule has 0 unspecified atom stereocenters. The van der Waals surface area contributed by atoms with Crippen LogP contribution in [0.15, 0.2) is 0 Å². The fourth-order valence-electron chi connectivity index (χ4n) is 0.787.